The van der Waals surface area contributed by atoms with E-state index < -0.39 is 0 Å². The molecule has 2 heterocycles. The molecule has 0 spiro atoms. The molecule has 0 aliphatic carbocycles. The molecule has 1 unspecified atom stereocenters. The molecule has 4 heteroatoms. The molecule has 1 atom stereocenters. The van der Waals surface area contributed by atoms with Crippen LogP contribution in [0.25, 0.3) is 0 Å². The fraction of sp³-hybridized carbons (Fsp3) is 0.562. The highest BCUT2D eigenvalue weighted by atomic mass is 32.1. The molecule has 1 N–H and O–H groups in total. The van der Waals surface area contributed by atoms with Crippen LogP contribution in [-0.4, -0.2) is 19.9 Å². The maximum Gasteiger partial charge on any atom is 0.135 e. The van der Waals surface area contributed by atoms with Crippen LogP contribution in [0.5, 0.6) is 5.75 Å². The molecule has 1 aromatic heterocycles. The van der Waals surface area contributed by atoms with Gasteiger partial charge in [-0.25, -0.2) is 0 Å². The van der Waals surface area contributed by atoms with E-state index in [1.54, 1.807) is 0 Å². The predicted octanol–water partition coefficient (Wildman–Crippen LogP) is 4.82. The van der Waals surface area contributed by atoms with Gasteiger partial charge in [-0.3, -0.25) is 4.99 Å². The molecular weight excluding hydrogens is 268 g/mol. The first kappa shape index (κ1) is 15.1. The normalized spacial score (nSPS) is 18.9. The van der Waals surface area contributed by atoms with E-state index in [-0.39, 0.29) is 0 Å². The highest BCUT2D eigenvalue weighted by Crippen LogP contribution is 2.45. The summed E-state index contributed by atoms with van der Waals surface area (Å²) in [7, 11) is 1.96. The Balaban J connectivity index is 2.08. The Morgan fingerprint density at radius 2 is 2.45 bits per heavy atom. The van der Waals surface area contributed by atoms with Crippen molar-refractivity contribution in [2.24, 2.45) is 4.99 Å². The van der Waals surface area contributed by atoms with Gasteiger partial charge in [-0.15, -0.1) is 11.3 Å². The third-order valence-corrected chi connectivity index (χ3v) is 4.83. The first-order valence-corrected chi connectivity index (χ1v) is 8.22. The van der Waals surface area contributed by atoms with Gasteiger partial charge in [-0.05, 0) is 26.2 Å². The molecule has 110 valence electrons. The Labute approximate surface area is 125 Å². The van der Waals surface area contributed by atoms with Crippen LogP contribution in [0.1, 0.15) is 50.3 Å². The van der Waals surface area contributed by atoms with Crippen LogP contribution in [0.3, 0.4) is 0 Å². The molecule has 0 amide bonds. The van der Waals surface area contributed by atoms with E-state index in [0.717, 1.165) is 38.0 Å². The molecule has 20 heavy (non-hydrogen) atoms. The standard InChI is InChI=1S/C16H24N2OS/c1-4-6-8-18-13(5-2)10-12-7-9-19-14-11-15(17-3)20-16(12)14/h5,8,11-12,17H,4,6-7,9-10H2,1-3H3/b13-5-,18-8?. The number of fused-ring (bicyclic) bond motifs is 1. The largest absolute Gasteiger partial charge is 0.492 e. The lowest BCUT2D eigenvalue weighted by Crippen LogP contribution is -2.12. The minimum atomic E-state index is 0.538. The van der Waals surface area contributed by atoms with E-state index in [9.17, 15) is 0 Å². The smallest absolute Gasteiger partial charge is 0.135 e. The average Bonchev–Trinajstić information content (AvgIpc) is 2.90. The molecule has 0 fully saturated rings. The van der Waals surface area contributed by atoms with Crippen molar-refractivity contribution in [2.75, 3.05) is 19.0 Å². The van der Waals surface area contributed by atoms with E-state index in [1.807, 2.05) is 24.6 Å². The zero-order chi connectivity index (χ0) is 14.4. The van der Waals surface area contributed by atoms with Gasteiger partial charge < -0.3 is 10.1 Å². The van der Waals surface area contributed by atoms with Gasteiger partial charge in [-0.2, -0.15) is 0 Å². The van der Waals surface area contributed by atoms with Crippen LogP contribution in [0.2, 0.25) is 0 Å². The number of nitrogens with one attached hydrogen (secondary N) is 1. The number of nitrogens with zero attached hydrogens (tertiary/aromatic N) is 1. The van der Waals surface area contributed by atoms with Crippen molar-refractivity contribution < 1.29 is 4.74 Å². The molecule has 2 rings (SSSR count). The maximum atomic E-state index is 5.76. The first-order chi connectivity index (χ1) is 9.78. The van der Waals surface area contributed by atoms with Crippen LogP contribution in [-0.2, 0) is 0 Å². The minimum absolute atomic E-state index is 0.538. The lowest BCUT2D eigenvalue weighted by Gasteiger charge is -2.22. The van der Waals surface area contributed by atoms with Gasteiger partial charge in [0.25, 0.3) is 0 Å². The van der Waals surface area contributed by atoms with E-state index in [4.69, 9.17) is 4.74 Å². The average molecular weight is 292 g/mol. The number of anilines is 1. The quantitative estimate of drug-likeness (QED) is 0.763. The van der Waals surface area contributed by atoms with Crippen molar-refractivity contribution in [3.63, 3.8) is 0 Å². The molecule has 0 bridgehead atoms. The SMILES string of the molecule is C/C=C(/CC1CCOc2cc(NC)sc21)N=CCCC. The summed E-state index contributed by atoms with van der Waals surface area (Å²) >= 11 is 1.81. The Hall–Kier alpha value is -1.29. The number of ether oxygens (including phenoxy) is 1. The molecule has 0 aromatic carbocycles. The summed E-state index contributed by atoms with van der Waals surface area (Å²) in [5.74, 6) is 1.60. The van der Waals surface area contributed by atoms with Crippen LogP contribution in [0, 0.1) is 0 Å². The third kappa shape index (κ3) is 3.63. The van der Waals surface area contributed by atoms with Crippen LogP contribution >= 0.6 is 11.3 Å². The lowest BCUT2D eigenvalue weighted by atomic mass is 9.96. The number of allylic oxidation sites excluding steroid dienone is 2. The Bertz CT molecular complexity index is 491. The van der Waals surface area contributed by atoms with Gasteiger partial charge in [0, 0.05) is 30.9 Å². The van der Waals surface area contributed by atoms with E-state index in [2.05, 4.69) is 36.3 Å². The van der Waals surface area contributed by atoms with Crippen LogP contribution in [0.4, 0.5) is 5.00 Å². The Kier molecular flexibility index (Phi) is 5.65. The fourth-order valence-corrected chi connectivity index (χ4v) is 3.45. The molecular formula is C16H24N2OS. The number of rotatable bonds is 6. The summed E-state index contributed by atoms with van der Waals surface area (Å²) in [4.78, 5) is 5.98. The van der Waals surface area contributed by atoms with Gasteiger partial charge in [0.15, 0.2) is 0 Å². The zero-order valence-corrected chi connectivity index (χ0v) is 13.4. The van der Waals surface area contributed by atoms with Crippen LogP contribution < -0.4 is 10.1 Å². The third-order valence-electron chi connectivity index (χ3n) is 3.53. The summed E-state index contributed by atoms with van der Waals surface area (Å²) in [5.41, 5.74) is 1.19. The number of hydrogen-bond donors (Lipinski definition) is 1. The second-order valence-corrected chi connectivity index (χ2v) is 6.09. The van der Waals surface area contributed by atoms with E-state index in [1.165, 1.54) is 15.6 Å². The summed E-state index contributed by atoms with van der Waals surface area (Å²) in [6.07, 6.45) is 8.47. The Morgan fingerprint density at radius 1 is 1.60 bits per heavy atom. The molecule has 0 saturated carbocycles. The molecule has 1 aromatic rings. The summed E-state index contributed by atoms with van der Waals surface area (Å²) in [6.45, 7) is 5.07. The molecule has 3 nitrogen and oxygen atoms in total. The van der Waals surface area contributed by atoms with Gasteiger partial charge in [0.2, 0.25) is 0 Å². The predicted molar refractivity (Wildman–Crippen MR) is 88.5 cm³/mol. The monoisotopic (exact) mass is 292 g/mol. The van der Waals surface area contributed by atoms with E-state index >= 15 is 0 Å². The number of aliphatic imine (C=N–C) groups is 1. The van der Waals surface area contributed by atoms with Gasteiger partial charge in [-0.1, -0.05) is 19.4 Å². The van der Waals surface area contributed by atoms with Crippen LogP contribution in [0.15, 0.2) is 22.8 Å². The van der Waals surface area contributed by atoms with Gasteiger partial charge >= 0.3 is 0 Å². The molecule has 1 aliphatic rings. The molecule has 1 aliphatic heterocycles. The zero-order valence-electron chi connectivity index (χ0n) is 12.6. The summed E-state index contributed by atoms with van der Waals surface area (Å²) in [5, 5.41) is 4.39. The first-order valence-electron chi connectivity index (χ1n) is 7.40. The summed E-state index contributed by atoms with van der Waals surface area (Å²) < 4.78 is 5.76. The Morgan fingerprint density at radius 3 is 3.15 bits per heavy atom. The second kappa shape index (κ2) is 7.48. The van der Waals surface area contributed by atoms with Gasteiger partial charge in [0.05, 0.1) is 16.5 Å². The van der Waals surface area contributed by atoms with Crippen molar-refractivity contribution in [1.29, 1.82) is 0 Å². The van der Waals surface area contributed by atoms with Crippen molar-refractivity contribution in [3.8, 4) is 5.75 Å². The van der Waals surface area contributed by atoms with Gasteiger partial charge in [0.1, 0.15) is 5.75 Å². The number of hydrogen-bond acceptors (Lipinski definition) is 4. The van der Waals surface area contributed by atoms with Crippen molar-refractivity contribution in [3.05, 3.63) is 22.7 Å². The van der Waals surface area contributed by atoms with Crippen molar-refractivity contribution >= 4 is 22.6 Å². The van der Waals surface area contributed by atoms with Crippen molar-refractivity contribution in [2.45, 2.75) is 45.4 Å². The maximum absolute atomic E-state index is 5.76. The van der Waals surface area contributed by atoms with E-state index in [0.29, 0.717) is 5.92 Å². The highest BCUT2D eigenvalue weighted by Gasteiger charge is 2.25. The van der Waals surface area contributed by atoms with Crippen molar-refractivity contribution in [1.82, 2.24) is 0 Å². The lowest BCUT2D eigenvalue weighted by molar-refractivity contribution is 0.270. The second-order valence-electron chi connectivity index (χ2n) is 5.01. The molecule has 0 radical (unpaired) electrons. The number of unbranched alkanes of at least 4 members (excludes halogenated alkanes) is 1. The highest BCUT2D eigenvalue weighted by molar-refractivity contribution is 7.16. The minimum Gasteiger partial charge on any atom is -0.492 e. The molecule has 0 saturated heterocycles. The summed E-state index contributed by atoms with van der Waals surface area (Å²) in [6, 6.07) is 2.11. The fourth-order valence-electron chi connectivity index (χ4n) is 2.35. The topological polar surface area (TPSA) is 33.6 Å². The number of thiophene rings is 1.